The number of para-hydroxylation sites is 1. The molecule has 0 amide bonds. The highest BCUT2D eigenvalue weighted by atomic mass is 79.9. The average molecular weight is 332 g/mol. The molecule has 1 unspecified atom stereocenters. The molecule has 0 aliphatic rings. The molecule has 0 fully saturated rings. The van der Waals surface area contributed by atoms with Crippen LogP contribution < -0.4 is 4.74 Å². The number of thiophene rings is 1. The van der Waals surface area contributed by atoms with Crippen LogP contribution in [-0.2, 0) is 0 Å². The molecule has 0 saturated carbocycles. The highest BCUT2D eigenvalue weighted by Crippen LogP contribution is 2.41. The lowest BCUT2D eigenvalue weighted by Gasteiger charge is -2.14. The van der Waals surface area contributed by atoms with E-state index in [0.717, 1.165) is 21.2 Å². The van der Waals surface area contributed by atoms with E-state index in [2.05, 4.69) is 22.0 Å². The van der Waals surface area contributed by atoms with Gasteiger partial charge in [-0.2, -0.15) is 0 Å². The van der Waals surface area contributed by atoms with Gasteiger partial charge in [0, 0.05) is 10.4 Å². The molecule has 1 aromatic carbocycles. The molecular formula is C13H12BrClOS. The van der Waals surface area contributed by atoms with E-state index in [0.29, 0.717) is 6.61 Å². The molecule has 0 aliphatic carbocycles. The summed E-state index contributed by atoms with van der Waals surface area (Å²) in [6.45, 7) is 2.65. The van der Waals surface area contributed by atoms with Crippen LogP contribution in [0.1, 0.15) is 22.2 Å². The molecule has 0 bridgehead atoms. The van der Waals surface area contributed by atoms with E-state index in [9.17, 15) is 0 Å². The Morgan fingerprint density at radius 2 is 2.12 bits per heavy atom. The first kappa shape index (κ1) is 12.9. The molecule has 1 nitrogen and oxygen atoms in total. The van der Waals surface area contributed by atoms with Crippen LogP contribution in [0.3, 0.4) is 0 Å². The summed E-state index contributed by atoms with van der Waals surface area (Å²) in [5.74, 6) is 0.904. The third kappa shape index (κ3) is 2.84. The molecule has 0 spiro atoms. The van der Waals surface area contributed by atoms with Crippen molar-refractivity contribution < 1.29 is 4.74 Å². The van der Waals surface area contributed by atoms with Crippen LogP contribution in [0.15, 0.2) is 35.7 Å². The third-order valence-corrected chi connectivity index (χ3v) is 5.04. The largest absolute Gasteiger partial charge is 0.494 e. The molecule has 0 radical (unpaired) electrons. The van der Waals surface area contributed by atoms with Crippen molar-refractivity contribution >= 4 is 38.9 Å². The Bertz CT molecular complexity index is 498. The monoisotopic (exact) mass is 330 g/mol. The van der Waals surface area contributed by atoms with Crippen molar-refractivity contribution in [2.24, 2.45) is 0 Å². The Morgan fingerprint density at radius 1 is 1.35 bits per heavy atom. The molecule has 2 rings (SSSR count). The van der Waals surface area contributed by atoms with Gasteiger partial charge in [0.2, 0.25) is 0 Å². The number of benzene rings is 1. The topological polar surface area (TPSA) is 9.23 Å². The molecule has 2 aromatic rings. The van der Waals surface area contributed by atoms with Crippen LogP contribution in [0.4, 0.5) is 0 Å². The second kappa shape index (κ2) is 5.89. The molecule has 1 aromatic heterocycles. The van der Waals surface area contributed by atoms with Gasteiger partial charge in [0.1, 0.15) is 5.75 Å². The summed E-state index contributed by atoms with van der Waals surface area (Å²) in [5, 5.41) is 2.79. The van der Waals surface area contributed by atoms with Crippen LogP contribution >= 0.6 is 38.9 Å². The molecule has 0 saturated heterocycles. The predicted molar refractivity (Wildman–Crippen MR) is 77.7 cm³/mol. The molecule has 0 aliphatic heterocycles. The quantitative estimate of drug-likeness (QED) is 0.692. The standard InChI is InChI=1S/C13H12BrClOS/c1-2-16-11-6-4-3-5-9(11)12(14)13-10(15)7-8-17-13/h3-8,12H,2H2,1H3. The number of hydrogen-bond acceptors (Lipinski definition) is 2. The second-order valence-electron chi connectivity index (χ2n) is 3.47. The van der Waals surface area contributed by atoms with Crippen LogP contribution in [0.2, 0.25) is 5.02 Å². The Morgan fingerprint density at radius 3 is 2.76 bits per heavy atom. The summed E-state index contributed by atoms with van der Waals surface area (Å²) < 4.78 is 5.63. The van der Waals surface area contributed by atoms with Crippen LogP contribution in [-0.4, -0.2) is 6.61 Å². The first-order chi connectivity index (χ1) is 8.24. The van der Waals surface area contributed by atoms with Gasteiger partial charge in [-0.1, -0.05) is 45.7 Å². The summed E-state index contributed by atoms with van der Waals surface area (Å²) in [4.78, 5) is 1.19. The second-order valence-corrected chi connectivity index (χ2v) is 5.74. The number of rotatable bonds is 4. The molecule has 17 heavy (non-hydrogen) atoms. The lowest BCUT2D eigenvalue weighted by atomic mass is 10.1. The smallest absolute Gasteiger partial charge is 0.123 e. The SMILES string of the molecule is CCOc1ccccc1C(Br)c1sccc1Cl. The summed E-state index contributed by atoms with van der Waals surface area (Å²) in [5.41, 5.74) is 1.11. The highest BCUT2D eigenvalue weighted by molar-refractivity contribution is 9.09. The number of hydrogen-bond donors (Lipinski definition) is 0. The summed E-state index contributed by atoms with van der Waals surface area (Å²) >= 11 is 11.5. The van der Waals surface area contributed by atoms with Gasteiger partial charge in [-0.3, -0.25) is 0 Å². The number of alkyl halides is 1. The molecule has 4 heteroatoms. The van der Waals surface area contributed by atoms with E-state index in [-0.39, 0.29) is 4.83 Å². The van der Waals surface area contributed by atoms with Crippen molar-refractivity contribution in [3.8, 4) is 5.75 Å². The maximum atomic E-state index is 6.15. The van der Waals surface area contributed by atoms with E-state index in [1.165, 1.54) is 0 Å². The first-order valence-electron chi connectivity index (χ1n) is 5.32. The van der Waals surface area contributed by atoms with Gasteiger partial charge in [0.25, 0.3) is 0 Å². The third-order valence-electron chi connectivity index (χ3n) is 2.37. The van der Waals surface area contributed by atoms with Crippen molar-refractivity contribution in [2.75, 3.05) is 6.61 Å². The zero-order valence-corrected chi connectivity index (χ0v) is 12.5. The van der Waals surface area contributed by atoms with Gasteiger partial charge in [-0.05, 0) is 24.4 Å². The normalized spacial score (nSPS) is 12.4. The highest BCUT2D eigenvalue weighted by Gasteiger charge is 2.18. The lowest BCUT2D eigenvalue weighted by molar-refractivity contribution is 0.337. The van der Waals surface area contributed by atoms with Gasteiger partial charge in [-0.15, -0.1) is 11.3 Å². The summed E-state index contributed by atoms with van der Waals surface area (Å²) in [6, 6.07) is 9.94. The van der Waals surface area contributed by atoms with E-state index < -0.39 is 0 Å². The maximum absolute atomic E-state index is 6.15. The van der Waals surface area contributed by atoms with E-state index in [1.807, 2.05) is 36.6 Å². The Hall–Kier alpha value is -0.510. The van der Waals surface area contributed by atoms with Crippen molar-refractivity contribution in [1.29, 1.82) is 0 Å². The van der Waals surface area contributed by atoms with Gasteiger partial charge in [0.15, 0.2) is 0 Å². The predicted octanol–water partition coefficient (Wildman–Crippen LogP) is 5.28. The van der Waals surface area contributed by atoms with Gasteiger partial charge in [0.05, 0.1) is 16.5 Å². The number of halogens is 2. The molecule has 1 atom stereocenters. The average Bonchev–Trinajstić information content (AvgIpc) is 2.76. The first-order valence-corrected chi connectivity index (χ1v) is 7.50. The minimum atomic E-state index is 0.0812. The fraction of sp³-hybridized carbons (Fsp3) is 0.231. The zero-order valence-electron chi connectivity index (χ0n) is 9.32. The number of ether oxygens (including phenoxy) is 1. The van der Waals surface area contributed by atoms with Gasteiger partial charge < -0.3 is 4.74 Å². The van der Waals surface area contributed by atoms with Crippen molar-refractivity contribution in [3.63, 3.8) is 0 Å². The van der Waals surface area contributed by atoms with Crippen molar-refractivity contribution in [3.05, 3.63) is 51.2 Å². The van der Waals surface area contributed by atoms with E-state index in [4.69, 9.17) is 16.3 Å². The van der Waals surface area contributed by atoms with E-state index >= 15 is 0 Å². The molecular weight excluding hydrogens is 320 g/mol. The van der Waals surface area contributed by atoms with Crippen LogP contribution in [0, 0.1) is 0 Å². The fourth-order valence-electron chi connectivity index (χ4n) is 1.60. The minimum Gasteiger partial charge on any atom is -0.494 e. The molecule has 90 valence electrons. The fourth-order valence-corrected chi connectivity index (χ4v) is 3.84. The van der Waals surface area contributed by atoms with Crippen molar-refractivity contribution in [1.82, 2.24) is 0 Å². The van der Waals surface area contributed by atoms with Crippen LogP contribution in [0.5, 0.6) is 5.75 Å². The minimum absolute atomic E-state index is 0.0812. The van der Waals surface area contributed by atoms with E-state index in [1.54, 1.807) is 11.3 Å². The van der Waals surface area contributed by atoms with Crippen LogP contribution in [0.25, 0.3) is 0 Å². The summed E-state index contributed by atoms with van der Waals surface area (Å²) in [6.07, 6.45) is 0. The maximum Gasteiger partial charge on any atom is 0.123 e. The Balaban J connectivity index is 2.37. The Labute approximate surface area is 119 Å². The molecule has 0 N–H and O–H groups in total. The Kier molecular flexibility index (Phi) is 4.48. The van der Waals surface area contributed by atoms with Crippen molar-refractivity contribution in [2.45, 2.75) is 11.8 Å². The van der Waals surface area contributed by atoms with Gasteiger partial charge in [-0.25, -0.2) is 0 Å². The lowest BCUT2D eigenvalue weighted by Crippen LogP contribution is -1.98. The van der Waals surface area contributed by atoms with Gasteiger partial charge >= 0.3 is 0 Å². The summed E-state index contributed by atoms with van der Waals surface area (Å²) in [7, 11) is 0. The zero-order chi connectivity index (χ0) is 12.3. The molecule has 1 heterocycles.